The van der Waals surface area contributed by atoms with E-state index in [0.29, 0.717) is 27.9 Å². The molecule has 1 heterocycles. The van der Waals surface area contributed by atoms with Gasteiger partial charge in [0, 0.05) is 17.1 Å². The van der Waals surface area contributed by atoms with Crippen LogP contribution in [0.1, 0.15) is 16.1 Å². The summed E-state index contributed by atoms with van der Waals surface area (Å²) in [6, 6.07) is 18.1. The molecule has 0 aliphatic carbocycles. The molecule has 0 saturated carbocycles. The monoisotopic (exact) mass is 345 g/mol. The smallest absolute Gasteiger partial charge is 0.287 e. The van der Waals surface area contributed by atoms with Crippen LogP contribution in [0.15, 0.2) is 65.1 Å². The van der Waals surface area contributed by atoms with Gasteiger partial charge >= 0.3 is 0 Å². The largest absolute Gasteiger partial charge is 0.451 e. The van der Waals surface area contributed by atoms with Gasteiger partial charge in [-0.15, -0.1) is 0 Å². The predicted octanol–water partition coefficient (Wildman–Crippen LogP) is 5.18. The highest BCUT2D eigenvalue weighted by Crippen LogP contribution is 2.31. The fraction of sp³-hybridized carbons (Fsp3) is 0.0556. The maximum atomic E-state index is 12.2. The molecular formula is C18H13Cl2NO2. The summed E-state index contributed by atoms with van der Waals surface area (Å²) in [6.07, 6.45) is 0. The van der Waals surface area contributed by atoms with E-state index in [1.54, 1.807) is 30.3 Å². The highest BCUT2D eigenvalue weighted by Gasteiger charge is 2.14. The van der Waals surface area contributed by atoms with E-state index in [9.17, 15) is 4.79 Å². The standard InChI is InChI=1S/C18H13Cl2NO2/c19-13-6-7-15(20)14(10-13)16-8-9-17(23-16)18(22)21-11-12-4-2-1-3-5-12/h1-10H,11H2,(H,21,22). The average molecular weight is 346 g/mol. The van der Waals surface area contributed by atoms with E-state index in [1.807, 2.05) is 30.3 Å². The van der Waals surface area contributed by atoms with Crippen molar-refractivity contribution in [2.24, 2.45) is 0 Å². The van der Waals surface area contributed by atoms with Crippen molar-refractivity contribution in [2.75, 3.05) is 0 Å². The summed E-state index contributed by atoms with van der Waals surface area (Å²) in [5.41, 5.74) is 1.67. The lowest BCUT2D eigenvalue weighted by atomic mass is 10.2. The molecule has 0 aliphatic heterocycles. The van der Waals surface area contributed by atoms with E-state index in [1.165, 1.54) is 0 Å². The SMILES string of the molecule is O=C(NCc1ccccc1)c1ccc(-c2cc(Cl)ccc2Cl)o1. The normalized spacial score (nSPS) is 10.5. The number of hydrogen-bond acceptors (Lipinski definition) is 2. The van der Waals surface area contributed by atoms with Crippen LogP contribution in [-0.2, 0) is 6.54 Å². The number of benzene rings is 2. The lowest BCUT2D eigenvalue weighted by Crippen LogP contribution is -2.22. The van der Waals surface area contributed by atoms with E-state index in [-0.39, 0.29) is 11.7 Å². The minimum atomic E-state index is -0.279. The number of rotatable bonds is 4. The molecule has 0 atom stereocenters. The van der Waals surface area contributed by atoms with Crippen LogP contribution in [0.4, 0.5) is 0 Å². The Morgan fingerprint density at radius 3 is 2.57 bits per heavy atom. The van der Waals surface area contributed by atoms with Gasteiger partial charge in [0.25, 0.3) is 5.91 Å². The Bertz CT molecular complexity index is 828. The van der Waals surface area contributed by atoms with Crippen LogP contribution in [0, 0.1) is 0 Å². The maximum Gasteiger partial charge on any atom is 0.287 e. The third-order valence-corrected chi connectivity index (χ3v) is 3.88. The molecule has 0 saturated heterocycles. The molecule has 3 aromatic rings. The molecule has 5 heteroatoms. The quantitative estimate of drug-likeness (QED) is 0.707. The maximum absolute atomic E-state index is 12.2. The molecule has 23 heavy (non-hydrogen) atoms. The number of hydrogen-bond donors (Lipinski definition) is 1. The first-order valence-corrected chi connectivity index (χ1v) is 7.76. The van der Waals surface area contributed by atoms with Crippen molar-refractivity contribution in [3.8, 4) is 11.3 Å². The summed E-state index contributed by atoms with van der Waals surface area (Å²) in [5.74, 6) is 0.451. The van der Waals surface area contributed by atoms with Gasteiger partial charge in [-0.1, -0.05) is 53.5 Å². The first kappa shape index (κ1) is 15.7. The molecule has 0 fully saturated rings. The molecule has 3 nitrogen and oxygen atoms in total. The molecule has 1 amide bonds. The molecular weight excluding hydrogens is 333 g/mol. The summed E-state index contributed by atoms with van der Waals surface area (Å²) < 4.78 is 5.60. The first-order valence-electron chi connectivity index (χ1n) is 7.01. The average Bonchev–Trinajstić information content (AvgIpc) is 3.06. The molecule has 0 spiro atoms. The highest BCUT2D eigenvalue weighted by molar-refractivity contribution is 6.35. The third kappa shape index (κ3) is 3.76. The lowest BCUT2D eigenvalue weighted by Gasteiger charge is -2.04. The Balaban J connectivity index is 1.74. The van der Waals surface area contributed by atoms with Crippen LogP contribution in [0.2, 0.25) is 10.0 Å². The van der Waals surface area contributed by atoms with E-state index in [2.05, 4.69) is 5.32 Å². The fourth-order valence-electron chi connectivity index (χ4n) is 2.16. The molecule has 1 aromatic heterocycles. The number of nitrogens with one attached hydrogen (secondary N) is 1. The van der Waals surface area contributed by atoms with Gasteiger partial charge in [0.1, 0.15) is 5.76 Å². The Kier molecular flexibility index (Phi) is 4.70. The lowest BCUT2D eigenvalue weighted by molar-refractivity contribution is 0.0924. The second kappa shape index (κ2) is 6.90. The van der Waals surface area contributed by atoms with E-state index in [4.69, 9.17) is 27.6 Å². The molecule has 116 valence electrons. The van der Waals surface area contributed by atoms with Crippen LogP contribution in [0.3, 0.4) is 0 Å². The Hall–Kier alpha value is -2.23. The van der Waals surface area contributed by atoms with Gasteiger partial charge in [0.15, 0.2) is 5.76 Å². The summed E-state index contributed by atoms with van der Waals surface area (Å²) in [6.45, 7) is 0.438. The second-order valence-electron chi connectivity index (χ2n) is 4.96. The molecule has 0 unspecified atom stereocenters. The van der Waals surface area contributed by atoms with Gasteiger partial charge in [0.2, 0.25) is 0 Å². The van der Waals surface area contributed by atoms with Crippen LogP contribution in [-0.4, -0.2) is 5.91 Å². The van der Waals surface area contributed by atoms with Gasteiger partial charge in [-0.05, 0) is 35.9 Å². The zero-order valence-corrected chi connectivity index (χ0v) is 13.6. The van der Waals surface area contributed by atoms with Gasteiger partial charge in [-0.25, -0.2) is 0 Å². The van der Waals surface area contributed by atoms with Crippen molar-refractivity contribution in [1.82, 2.24) is 5.32 Å². The molecule has 0 radical (unpaired) electrons. The number of carbonyl (C=O) groups excluding carboxylic acids is 1. The third-order valence-electron chi connectivity index (χ3n) is 3.32. The number of halogens is 2. The zero-order chi connectivity index (χ0) is 16.2. The van der Waals surface area contributed by atoms with E-state index in [0.717, 1.165) is 5.56 Å². The number of furan rings is 1. The Morgan fingerprint density at radius 1 is 1.00 bits per heavy atom. The molecule has 1 N–H and O–H groups in total. The van der Waals surface area contributed by atoms with Crippen LogP contribution in [0.5, 0.6) is 0 Å². The minimum absolute atomic E-state index is 0.229. The first-order chi connectivity index (χ1) is 11.1. The summed E-state index contributed by atoms with van der Waals surface area (Å²) >= 11 is 12.1. The number of amides is 1. The summed E-state index contributed by atoms with van der Waals surface area (Å²) in [7, 11) is 0. The van der Waals surface area contributed by atoms with E-state index >= 15 is 0 Å². The topological polar surface area (TPSA) is 42.2 Å². The molecule has 3 rings (SSSR count). The van der Waals surface area contributed by atoms with Gasteiger partial charge in [0.05, 0.1) is 5.02 Å². The van der Waals surface area contributed by atoms with Crippen LogP contribution >= 0.6 is 23.2 Å². The second-order valence-corrected chi connectivity index (χ2v) is 5.80. The summed E-state index contributed by atoms with van der Waals surface area (Å²) in [4.78, 5) is 12.2. The molecule has 2 aromatic carbocycles. The Morgan fingerprint density at radius 2 is 1.78 bits per heavy atom. The van der Waals surface area contributed by atoms with E-state index < -0.39 is 0 Å². The summed E-state index contributed by atoms with van der Waals surface area (Å²) in [5, 5.41) is 3.88. The highest BCUT2D eigenvalue weighted by atomic mass is 35.5. The zero-order valence-electron chi connectivity index (χ0n) is 12.1. The Labute approximate surface area is 143 Å². The number of carbonyl (C=O) groups is 1. The van der Waals surface area contributed by atoms with Crippen molar-refractivity contribution in [3.63, 3.8) is 0 Å². The van der Waals surface area contributed by atoms with Gasteiger partial charge in [-0.2, -0.15) is 0 Å². The van der Waals surface area contributed by atoms with Gasteiger partial charge in [-0.3, -0.25) is 4.79 Å². The van der Waals surface area contributed by atoms with Crippen LogP contribution < -0.4 is 5.32 Å². The molecule has 0 aliphatic rings. The van der Waals surface area contributed by atoms with Crippen molar-refractivity contribution in [2.45, 2.75) is 6.54 Å². The predicted molar refractivity (Wildman–Crippen MR) is 91.8 cm³/mol. The van der Waals surface area contributed by atoms with Crippen molar-refractivity contribution in [1.29, 1.82) is 0 Å². The van der Waals surface area contributed by atoms with Crippen LogP contribution in [0.25, 0.3) is 11.3 Å². The van der Waals surface area contributed by atoms with Gasteiger partial charge < -0.3 is 9.73 Å². The molecule has 0 bridgehead atoms. The fourth-order valence-corrected chi connectivity index (χ4v) is 2.54. The van der Waals surface area contributed by atoms with Crippen molar-refractivity contribution >= 4 is 29.1 Å². The van der Waals surface area contributed by atoms with Crippen molar-refractivity contribution < 1.29 is 9.21 Å². The minimum Gasteiger partial charge on any atom is -0.451 e. The van der Waals surface area contributed by atoms with Crippen molar-refractivity contribution in [3.05, 3.63) is 82.0 Å².